The highest BCUT2D eigenvalue weighted by Gasteiger charge is 2.23. The van der Waals surface area contributed by atoms with Gasteiger partial charge in [-0.2, -0.15) is 0 Å². The standard InChI is InChI=1S/C9H22O3Si2/c1-13(2,3)11-8-9(7-10)12-14(4,5)6/h7,9H,8H2,1-6H3/t9-/m0/s1. The smallest absolute Gasteiger partial charge is 0.184 e. The molecule has 0 aliphatic rings. The first-order chi connectivity index (χ1) is 6.14. The van der Waals surface area contributed by atoms with E-state index in [1.165, 1.54) is 0 Å². The molecule has 1 atom stereocenters. The van der Waals surface area contributed by atoms with Gasteiger partial charge in [-0.3, -0.25) is 0 Å². The molecule has 0 N–H and O–H groups in total. The van der Waals surface area contributed by atoms with Crippen LogP contribution in [0.15, 0.2) is 0 Å². The number of carbonyl (C=O) groups excluding carboxylic acids is 1. The molecule has 0 amide bonds. The molecule has 0 saturated heterocycles. The number of carbonyl (C=O) groups is 1. The Kier molecular flexibility index (Phi) is 5.21. The van der Waals surface area contributed by atoms with Crippen molar-refractivity contribution in [3.05, 3.63) is 0 Å². The van der Waals surface area contributed by atoms with Crippen molar-refractivity contribution in [1.29, 1.82) is 0 Å². The van der Waals surface area contributed by atoms with Gasteiger partial charge in [0.05, 0.1) is 6.61 Å². The highest BCUT2D eigenvalue weighted by molar-refractivity contribution is 6.70. The Labute approximate surface area is 89.1 Å². The highest BCUT2D eigenvalue weighted by Crippen LogP contribution is 2.09. The molecule has 0 aromatic rings. The maximum absolute atomic E-state index is 10.7. The Morgan fingerprint density at radius 2 is 1.57 bits per heavy atom. The predicted molar refractivity (Wildman–Crippen MR) is 63.6 cm³/mol. The van der Waals surface area contributed by atoms with Crippen molar-refractivity contribution in [3.8, 4) is 0 Å². The van der Waals surface area contributed by atoms with Crippen LogP contribution in [0.25, 0.3) is 0 Å². The largest absolute Gasteiger partial charge is 0.415 e. The van der Waals surface area contributed by atoms with Gasteiger partial charge < -0.3 is 13.6 Å². The zero-order valence-corrected chi connectivity index (χ0v) is 12.1. The maximum Gasteiger partial charge on any atom is 0.184 e. The highest BCUT2D eigenvalue weighted by atomic mass is 28.4. The molecule has 0 heterocycles. The first kappa shape index (κ1) is 14.0. The summed E-state index contributed by atoms with van der Waals surface area (Å²) in [6, 6.07) is 0. The van der Waals surface area contributed by atoms with E-state index >= 15 is 0 Å². The molecule has 0 radical (unpaired) electrons. The van der Waals surface area contributed by atoms with E-state index in [9.17, 15) is 4.79 Å². The van der Waals surface area contributed by atoms with E-state index in [-0.39, 0.29) is 6.10 Å². The van der Waals surface area contributed by atoms with E-state index in [1.54, 1.807) is 0 Å². The van der Waals surface area contributed by atoms with Gasteiger partial charge in [0.25, 0.3) is 0 Å². The molecule has 0 rings (SSSR count). The topological polar surface area (TPSA) is 35.5 Å². The average molecular weight is 234 g/mol. The minimum Gasteiger partial charge on any atom is -0.415 e. The minimum atomic E-state index is -1.63. The SMILES string of the molecule is C[Si](C)(C)OC[C@H](C=O)O[Si](C)(C)C. The zero-order chi connectivity index (χ0) is 11.4. The minimum absolute atomic E-state index is 0.381. The first-order valence-electron chi connectivity index (χ1n) is 4.91. The Balaban J connectivity index is 3.99. The first-order valence-corrected chi connectivity index (χ1v) is 11.7. The molecule has 0 unspecified atom stereocenters. The van der Waals surface area contributed by atoms with Crippen molar-refractivity contribution in [2.75, 3.05) is 6.61 Å². The summed E-state index contributed by atoms with van der Waals surface area (Å²) in [5.41, 5.74) is 0. The Morgan fingerprint density at radius 1 is 1.07 bits per heavy atom. The van der Waals surface area contributed by atoms with E-state index in [0.717, 1.165) is 6.29 Å². The molecular weight excluding hydrogens is 212 g/mol. The summed E-state index contributed by atoms with van der Waals surface area (Å²) >= 11 is 0. The molecule has 3 nitrogen and oxygen atoms in total. The summed E-state index contributed by atoms with van der Waals surface area (Å²) < 4.78 is 11.3. The summed E-state index contributed by atoms with van der Waals surface area (Å²) in [6.45, 7) is 12.9. The van der Waals surface area contributed by atoms with Gasteiger partial charge in [0.15, 0.2) is 16.6 Å². The van der Waals surface area contributed by atoms with Crippen LogP contribution >= 0.6 is 0 Å². The number of hydrogen-bond donors (Lipinski definition) is 0. The van der Waals surface area contributed by atoms with Crippen LogP contribution in [-0.2, 0) is 13.6 Å². The van der Waals surface area contributed by atoms with Crippen molar-refractivity contribution >= 4 is 22.9 Å². The van der Waals surface area contributed by atoms with E-state index < -0.39 is 16.6 Å². The molecule has 5 heteroatoms. The van der Waals surface area contributed by atoms with Crippen LogP contribution in [-0.4, -0.2) is 35.6 Å². The summed E-state index contributed by atoms with van der Waals surface area (Å²) in [5.74, 6) is 0. The van der Waals surface area contributed by atoms with Gasteiger partial charge >= 0.3 is 0 Å². The van der Waals surface area contributed by atoms with Crippen molar-refractivity contribution in [2.24, 2.45) is 0 Å². The lowest BCUT2D eigenvalue weighted by Crippen LogP contribution is -2.38. The van der Waals surface area contributed by atoms with E-state index in [2.05, 4.69) is 39.3 Å². The fourth-order valence-electron chi connectivity index (χ4n) is 0.887. The molecule has 0 fully saturated rings. The van der Waals surface area contributed by atoms with Gasteiger partial charge in [-0.1, -0.05) is 0 Å². The molecule has 0 aromatic carbocycles. The average Bonchev–Trinajstić information content (AvgIpc) is 1.94. The van der Waals surface area contributed by atoms with Gasteiger partial charge in [0.1, 0.15) is 12.4 Å². The number of hydrogen-bond acceptors (Lipinski definition) is 3. The van der Waals surface area contributed by atoms with Crippen molar-refractivity contribution in [3.63, 3.8) is 0 Å². The lowest BCUT2D eigenvalue weighted by atomic mass is 10.4. The van der Waals surface area contributed by atoms with Crippen LogP contribution in [0, 0.1) is 0 Å². The van der Waals surface area contributed by atoms with Crippen molar-refractivity contribution in [1.82, 2.24) is 0 Å². The van der Waals surface area contributed by atoms with Crippen molar-refractivity contribution < 1.29 is 13.6 Å². The molecule has 0 saturated carbocycles. The lowest BCUT2D eigenvalue weighted by molar-refractivity contribution is -0.115. The van der Waals surface area contributed by atoms with Crippen LogP contribution in [0.2, 0.25) is 39.3 Å². The van der Waals surface area contributed by atoms with Crippen molar-refractivity contribution in [2.45, 2.75) is 45.4 Å². The van der Waals surface area contributed by atoms with Crippen LogP contribution < -0.4 is 0 Å². The Bertz CT molecular complexity index is 181. The van der Waals surface area contributed by atoms with Gasteiger partial charge in [-0.15, -0.1) is 0 Å². The Morgan fingerprint density at radius 3 is 1.86 bits per heavy atom. The van der Waals surface area contributed by atoms with Gasteiger partial charge in [-0.25, -0.2) is 0 Å². The monoisotopic (exact) mass is 234 g/mol. The van der Waals surface area contributed by atoms with Crippen LogP contribution in [0.5, 0.6) is 0 Å². The van der Waals surface area contributed by atoms with E-state index in [1.807, 2.05) is 0 Å². The second-order valence-corrected chi connectivity index (χ2v) is 14.3. The summed E-state index contributed by atoms with van der Waals surface area (Å²) in [7, 11) is -3.17. The van der Waals surface area contributed by atoms with E-state index in [4.69, 9.17) is 8.85 Å². The molecular formula is C9H22O3Si2. The second kappa shape index (κ2) is 5.20. The lowest BCUT2D eigenvalue weighted by Gasteiger charge is -2.25. The molecule has 0 bridgehead atoms. The number of rotatable bonds is 6. The third-order valence-electron chi connectivity index (χ3n) is 1.34. The summed E-state index contributed by atoms with van der Waals surface area (Å²) in [5, 5.41) is 0. The Hall–Kier alpha value is 0.0238. The predicted octanol–water partition coefficient (Wildman–Crippen LogP) is 2.26. The van der Waals surface area contributed by atoms with Gasteiger partial charge in [-0.05, 0) is 39.3 Å². The zero-order valence-electron chi connectivity index (χ0n) is 10.1. The third kappa shape index (κ3) is 8.61. The van der Waals surface area contributed by atoms with Crippen LogP contribution in [0.3, 0.4) is 0 Å². The molecule has 84 valence electrons. The van der Waals surface area contributed by atoms with Gasteiger partial charge in [0, 0.05) is 0 Å². The molecule has 0 aliphatic heterocycles. The summed E-state index contributed by atoms with van der Waals surface area (Å²) in [6.07, 6.45) is 0.465. The quantitative estimate of drug-likeness (QED) is 0.522. The molecule has 0 aromatic heterocycles. The van der Waals surface area contributed by atoms with Gasteiger partial charge in [0.2, 0.25) is 0 Å². The molecule has 0 aliphatic carbocycles. The number of aldehydes is 1. The normalized spacial score (nSPS) is 15.3. The second-order valence-electron chi connectivity index (χ2n) is 5.33. The van der Waals surface area contributed by atoms with Crippen LogP contribution in [0.4, 0.5) is 0 Å². The maximum atomic E-state index is 10.7. The van der Waals surface area contributed by atoms with Crippen LogP contribution in [0.1, 0.15) is 0 Å². The van der Waals surface area contributed by atoms with E-state index in [0.29, 0.717) is 6.61 Å². The fourth-order valence-corrected chi connectivity index (χ4v) is 2.58. The molecule has 14 heavy (non-hydrogen) atoms. The third-order valence-corrected chi connectivity index (χ3v) is 3.38. The molecule has 0 spiro atoms. The summed E-state index contributed by atoms with van der Waals surface area (Å²) in [4.78, 5) is 10.7. The fraction of sp³-hybridized carbons (Fsp3) is 0.889.